The molecule has 0 saturated carbocycles. The van der Waals surface area contributed by atoms with Crippen molar-refractivity contribution in [2.24, 2.45) is 0 Å². The van der Waals surface area contributed by atoms with Crippen molar-refractivity contribution in [2.45, 2.75) is 85.0 Å². The zero-order valence-corrected chi connectivity index (χ0v) is 27.2. The molecule has 3 rings (SSSR count). The number of nitrogens with one attached hydrogen (secondary N) is 2. The lowest BCUT2D eigenvalue weighted by atomic mass is 9.93. The van der Waals surface area contributed by atoms with Gasteiger partial charge < -0.3 is 30.5 Å². The van der Waals surface area contributed by atoms with Crippen LogP contribution in [-0.4, -0.2) is 50.2 Å². The van der Waals surface area contributed by atoms with Crippen LogP contribution < -0.4 is 10.6 Å². The summed E-state index contributed by atoms with van der Waals surface area (Å²) < 4.78 is 5.48. The van der Waals surface area contributed by atoms with Crippen molar-refractivity contribution >= 4 is 35.2 Å². The summed E-state index contributed by atoms with van der Waals surface area (Å²) in [7, 11) is 0. The van der Waals surface area contributed by atoms with Crippen LogP contribution in [-0.2, 0) is 20.7 Å². The molecule has 0 aliphatic carbocycles. The monoisotopic (exact) mass is 623 g/mol. The summed E-state index contributed by atoms with van der Waals surface area (Å²) >= 11 is 6.46. The molecule has 0 spiro atoms. The van der Waals surface area contributed by atoms with Crippen LogP contribution in [0.4, 0.5) is 10.5 Å². The predicted molar refractivity (Wildman–Crippen MR) is 172 cm³/mol. The number of aryl methyl sites for hydroxylation is 2. The van der Waals surface area contributed by atoms with Gasteiger partial charge in [-0.05, 0) is 108 Å². The van der Waals surface area contributed by atoms with Gasteiger partial charge in [-0.1, -0.05) is 41.9 Å². The molecule has 9 nitrogen and oxygen atoms in total. The second kappa shape index (κ2) is 13.6. The molecule has 0 radical (unpaired) electrons. The van der Waals surface area contributed by atoms with Crippen LogP contribution in [0.25, 0.3) is 0 Å². The summed E-state index contributed by atoms with van der Waals surface area (Å²) in [6.45, 7) is 14.1. The van der Waals surface area contributed by atoms with Crippen LogP contribution in [0.5, 0.6) is 11.5 Å². The Balaban J connectivity index is 2.16. The van der Waals surface area contributed by atoms with Gasteiger partial charge in [-0.15, -0.1) is 0 Å². The fourth-order valence-electron chi connectivity index (χ4n) is 4.78. The molecule has 3 amide bonds. The summed E-state index contributed by atoms with van der Waals surface area (Å²) in [5.74, 6) is -0.976. The maximum Gasteiger partial charge on any atom is 0.408 e. The first-order valence-corrected chi connectivity index (χ1v) is 14.7. The molecule has 3 aromatic rings. The standard InChI is InChI=1S/C34H42ClN3O6/c1-20-10-9-11-25(35)28(20)37-30(41)29(23-14-17-27(40)21(2)18-23)38(33(3,4)5)31(42)26(36-32(43)44-34(6,7)8)19-22-12-15-24(39)16-13-22/h9-18,26,29,39-40H,19H2,1-8H3,(H,36,43)(H,37,41). The fourth-order valence-corrected chi connectivity index (χ4v) is 5.05. The average molecular weight is 624 g/mol. The fraction of sp³-hybridized carbons (Fsp3) is 0.382. The highest BCUT2D eigenvalue weighted by atomic mass is 35.5. The number of carbonyl (C=O) groups is 3. The van der Waals surface area contributed by atoms with Gasteiger partial charge in [0.15, 0.2) is 0 Å². The van der Waals surface area contributed by atoms with Gasteiger partial charge in [0, 0.05) is 12.0 Å². The molecule has 0 bridgehead atoms. The molecule has 0 fully saturated rings. The first-order valence-electron chi connectivity index (χ1n) is 14.3. The van der Waals surface area contributed by atoms with Crippen molar-refractivity contribution < 1.29 is 29.3 Å². The van der Waals surface area contributed by atoms with E-state index >= 15 is 0 Å². The van der Waals surface area contributed by atoms with Crippen molar-refractivity contribution in [1.29, 1.82) is 0 Å². The molecule has 0 aliphatic rings. The number of halogens is 1. The van der Waals surface area contributed by atoms with Crippen molar-refractivity contribution in [3.63, 3.8) is 0 Å². The predicted octanol–water partition coefficient (Wildman–Crippen LogP) is 6.81. The summed E-state index contributed by atoms with van der Waals surface area (Å²) in [5.41, 5.74) is 1.02. The molecule has 0 aromatic heterocycles. The maximum absolute atomic E-state index is 14.7. The molecule has 0 heterocycles. The number of ether oxygens (including phenoxy) is 1. The third-order valence-corrected chi connectivity index (χ3v) is 7.15. The Bertz CT molecular complexity index is 1490. The molecule has 236 valence electrons. The number of carbonyl (C=O) groups excluding carboxylic acids is 3. The molecule has 10 heteroatoms. The molecular weight excluding hydrogens is 582 g/mol. The van der Waals surface area contributed by atoms with Gasteiger partial charge in [0.25, 0.3) is 5.91 Å². The number of rotatable bonds is 8. The molecular formula is C34H42ClN3O6. The van der Waals surface area contributed by atoms with E-state index in [9.17, 15) is 24.6 Å². The number of phenols is 2. The number of hydrogen-bond donors (Lipinski definition) is 4. The zero-order chi connectivity index (χ0) is 33.0. The smallest absolute Gasteiger partial charge is 0.408 e. The third kappa shape index (κ3) is 8.89. The number of nitrogens with zero attached hydrogens (tertiary/aromatic N) is 1. The Morgan fingerprint density at radius 3 is 2.09 bits per heavy atom. The van der Waals surface area contributed by atoms with Crippen molar-refractivity contribution in [3.05, 3.63) is 87.9 Å². The van der Waals surface area contributed by atoms with Gasteiger partial charge in [-0.25, -0.2) is 4.79 Å². The van der Waals surface area contributed by atoms with Crippen molar-refractivity contribution in [2.75, 3.05) is 5.32 Å². The zero-order valence-electron chi connectivity index (χ0n) is 26.5. The van der Waals surface area contributed by atoms with E-state index in [1.807, 2.05) is 13.0 Å². The van der Waals surface area contributed by atoms with Gasteiger partial charge in [-0.3, -0.25) is 9.59 Å². The van der Waals surface area contributed by atoms with Crippen LogP contribution >= 0.6 is 11.6 Å². The Morgan fingerprint density at radius 2 is 1.55 bits per heavy atom. The number of aromatic hydroxyl groups is 2. The lowest BCUT2D eigenvalue weighted by molar-refractivity contribution is -0.146. The molecule has 0 saturated heterocycles. The Kier molecular flexibility index (Phi) is 10.6. The number of hydrogen-bond acceptors (Lipinski definition) is 6. The van der Waals surface area contributed by atoms with Crippen LogP contribution in [0.1, 0.15) is 69.8 Å². The lowest BCUT2D eigenvalue weighted by Gasteiger charge is -2.43. The Morgan fingerprint density at radius 1 is 0.909 bits per heavy atom. The number of amides is 3. The number of para-hydroxylation sites is 1. The molecule has 3 aromatic carbocycles. The highest BCUT2D eigenvalue weighted by Crippen LogP contribution is 2.35. The Hall–Kier alpha value is -4.24. The van der Waals surface area contributed by atoms with E-state index in [4.69, 9.17) is 16.3 Å². The van der Waals surface area contributed by atoms with E-state index in [-0.39, 0.29) is 17.9 Å². The van der Waals surface area contributed by atoms with Crippen LogP contribution in [0.15, 0.2) is 60.7 Å². The van der Waals surface area contributed by atoms with E-state index in [2.05, 4.69) is 10.6 Å². The quantitative estimate of drug-likeness (QED) is 0.218. The van der Waals surface area contributed by atoms with E-state index in [1.54, 1.807) is 84.9 Å². The molecule has 2 unspecified atom stereocenters. The largest absolute Gasteiger partial charge is 0.508 e. The van der Waals surface area contributed by atoms with E-state index in [0.29, 0.717) is 27.4 Å². The number of alkyl carbamates (subject to hydrolysis) is 1. The molecule has 4 N–H and O–H groups in total. The topological polar surface area (TPSA) is 128 Å². The van der Waals surface area contributed by atoms with Crippen molar-refractivity contribution in [1.82, 2.24) is 10.2 Å². The minimum Gasteiger partial charge on any atom is -0.508 e. The summed E-state index contributed by atoms with van der Waals surface area (Å²) in [4.78, 5) is 43.4. The van der Waals surface area contributed by atoms with Gasteiger partial charge in [0.1, 0.15) is 29.2 Å². The highest BCUT2D eigenvalue weighted by Gasteiger charge is 2.42. The summed E-state index contributed by atoms with van der Waals surface area (Å²) in [6.07, 6.45) is -0.742. The highest BCUT2D eigenvalue weighted by molar-refractivity contribution is 6.34. The summed E-state index contributed by atoms with van der Waals surface area (Å²) in [6, 6.07) is 13.9. The first-order chi connectivity index (χ1) is 20.4. The second-order valence-electron chi connectivity index (χ2n) is 12.8. The lowest BCUT2D eigenvalue weighted by Crippen LogP contribution is -2.58. The average Bonchev–Trinajstić information content (AvgIpc) is 2.89. The molecule has 44 heavy (non-hydrogen) atoms. The van der Waals surface area contributed by atoms with E-state index in [1.165, 1.54) is 23.1 Å². The van der Waals surface area contributed by atoms with Gasteiger partial charge in [0.2, 0.25) is 5.91 Å². The molecule has 0 aliphatic heterocycles. The minimum absolute atomic E-state index is 0.0419. The maximum atomic E-state index is 14.7. The minimum atomic E-state index is -1.19. The molecule has 2 atom stereocenters. The number of phenolic OH excluding ortho intramolecular Hbond substituents is 2. The van der Waals surface area contributed by atoms with Crippen LogP contribution in [0.2, 0.25) is 5.02 Å². The van der Waals surface area contributed by atoms with Crippen molar-refractivity contribution in [3.8, 4) is 11.5 Å². The van der Waals surface area contributed by atoms with E-state index < -0.39 is 41.1 Å². The SMILES string of the molecule is Cc1cc(C(C(=O)Nc2c(C)cccc2Cl)N(C(=O)C(Cc2ccc(O)cc2)NC(=O)OC(C)(C)C)C(C)(C)C)ccc1O. The van der Waals surface area contributed by atoms with Crippen LogP contribution in [0.3, 0.4) is 0 Å². The van der Waals surface area contributed by atoms with Crippen LogP contribution in [0, 0.1) is 13.8 Å². The van der Waals surface area contributed by atoms with E-state index in [0.717, 1.165) is 5.56 Å². The normalized spacial score (nSPS) is 13.0. The summed E-state index contributed by atoms with van der Waals surface area (Å²) in [5, 5.41) is 26.0. The van der Waals surface area contributed by atoms with Gasteiger partial charge in [0.05, 0.1) is 10.7 Å². The first kappa shape index (κ1) is 34.3. The second-order valence-corrected chi connectivity index (χ2v) is 13.2. The number of benzene rings is 3. The third-order valence-electron chi connectivity index (χ3n) is 6.84. The van der Waals surface area contributed by atoms with Gasteiger partial charge in [-0.2, -0.15) is 0 Å². The Labute approximate surface area is 264 Å². The number of anilines is 1. The van der Waals surface area contributed by atoms with Gasteiger partial charge >= 0.3 is 6.09 Å².